The number of aliphatic hydroxyl groups excluding tert-OH is 2. The molecule has 0 radical (unpaired) electrons. The maximum Gasteiger partial charge on any atom is 0.295 e. The highest BCUT2D eigenvalue weighted by Crippen LogP contribution is 2.40. The number of nitro benzene ring substituents is 1. The highest BCUT2D eigenvalue weighted by Gasteiger charge is 2.46. The zero-order valence-corrected chi connectivity index (χ0v) is 14.4. The van der Waals surface area contributed by atoms with Crippen LogP contribution in [0.15, 0.2) is 54.1 Å². The molecule has 1 fully saturated rings. The number of likely N-dealkylation sites (tertiary alicyclic amines) is 1. The number of Topliss-reactive ketones (excluding diaryl/α,β-unsaturated/α-hetero) is 1. The van der Waals surface area contributed by atoms with Crippen molar-refractivity contribution in [1.82, 2.24) is 4.90 Å². The Morgan fingerprint density at radius 2 is 1.79 bits per heavy atom. The predicted octanol–water partition coefficient (Wildman–Crippen LogP) is 2.15. The molecule has 2 N–H and O–H groups in total. The number of β-amino-alcohol motifs (C(OH)–C–C–N with tert-alkyl or cyclic N) is 1. The van der Waals surface area contributed by atoms with Crippen molar-refractivity contribution in [1.29, 1.82) is 0 Å². The highest BCUT2D eigenvalue weighted by molar-refractivity contribution is 6.46. The van der Waals surface area contributed by atoms with Crippen molar-refractivity contribution < 1.29 is 29.1 Å². The molecule has 8 nitrogen and oxygen atoms in total. The fraction of sp³-hybridized carbons (Fsp3) is 0.158. The van der Waals surface area contributed by atoms with Crippen LogP contribution < -0.4 is 0 Å². The molecule has 0 aromatic heterocycles. The van der Waals surface area contributed by atoms with Crippen molar-refractivity contribution in [3.8, 4) is 0 Å². The van der Waals surface area contributed by atoms with Crippen molar-refractivity contribution in [3.63, 3.8) is 0 Å². The molecule has 1 saturated heterocycles. The minimum absolute atomic E-state index is 0.0152. The van der Waals surface area contributed by atoms with Gasteiger partial charge in [-0.15, -0.1) is 0 Å². The summed E-state index contributed by atoms with van der Waals surface area (Å²) in [6, 6.07) is 8.98. The molecule has 1 amide bonds. The van der Waals surface area contributed by atoms with E-state index in [2.05, 4.69) is 0 Å². The van der Waals surface area contributed by atoms with Crippen LogP contribution in [0.25, 0.3) is 5.76 Å². The van der Waals surface area contributed by atoms with Gasteiger partial charge in [-0.05, 0) is 18.2 Å². The van der Waals surface area contributed by atoms with Gasteiger partial charge in [0.25, 0.3) is 17.4 Å². The Kier molecular flexibility index (Phi) is 5.18. The van der Waals surface area contributed by atoms with Crippen molar-refractivity contribution in [2.75, 3.05) is 13.2 Å². The number of halogens is 1. The molecule has 1 atom stereocenters. The van der Waals surface area contributed by atoms with E-state index in [4.69, 9.17) is 0 Å². The van der Waals surface area contributed by atoms with Gasteiger partial charge in [0.05, 0.1) is 23.1 Å². The zero-order valence-electron chi connectivity index (χ0n) is 14.4. The number of carbonyl (C=O) groups excluding carboxylic acids is 2. The quantitative estimate of drug-likeness (QED) is 0.267. The van der Waals surface area contributed by atoms with Crippen LogP contribution >= 0.6 is 0 Å². The van der Waals surface area contributed by atoms with E-state index in [-0.39, 0.29) is 28.9 Å². The highest BCUT2D eigenvalue weighted by atomic mass is 19.1. The van der Waals surface area contributed by atoms with Gasteiger partial charge in [-0.3, -0.25) is 19.7 Å². The molecule has 0 saturated carbocycles. The van der Waals surface area contributed by atoms with Gasteiger partial charge in [-0.25, -0.2) is 4.39 Å². The van der Waals surface area contributed by atoms with Crippen LogP contribution in [0.2, 0.25) is 0 Å². The van der Waals surface area contributed by atoms with Gasteiger partial charge in [0, 0.05) is 29.8 Å². The normalized spacial score (nSPS) is 18.5. The Morgan fingerprint density at radius 3 is 2.36 bits per heavy atom. The summed E-state index contributed by atoms with van der Waals surface area (Å²) in [5.74, 6) is -3.28. The van der Waals surface area contributed by atoms with Crippen molar-refractivity contribution in [2.45, 2.75) is 6.04 Å². The molecular weight excluding hydrogens is 371 g/mol. The van der Waals surface area contributed by atoms with E-state index in [9.17, 15) is 34.3 Å². The number of benzene rings is 2. The Balaban J connectivity index is 2.18. The smallest absolute Gasteiger partial charge is 0.295 e. The lowest BCUT2D eigenvalue weighted by Crippen LogP contribution is -2.32. The second-order valence-corrected chi connectivity index (χ2v) is 6.04. The molecule has 1 heterocycles. The van der Waals surface area contributed by atoms with Crippen LogP contribution in [-0.4, -0.2) is 44.9 Å². The second kappa shape index (κ2) is 7.57. The molecule has 0 aliphatic carbocycles. The number of hydrogen-bond donors (Lipinski definition) is 2. The van der Waals surface area contributed by atoms with Gasteiger partial charge < -0.3 is 15.1 Å². The molecular formula is C19H15FN2O6. The number of non-ortho nitro benzene ring substituents is 1. The first-order valence-corrected chi connectivity index (χ1v) is 8.25. The number of hydrogen-bond acceptors (Lipinski definition) is 6. The number of ketones is 1. The van der Waals surface area contributed by atoms with E-state index in [0.29, 0.717) is 0 Å². The molecule has 28 heavy (non-hydrogen) atoms. The first-order chi connectivity index (χ1) is 13.4. The number of nitrogens with zero attached hydrogens (tertiary/aromatic N) is 2. The summed E-state index contributed by atoms with van der Waals surface area (Å²) in [4.78, 5) is 36.1. The van der Waals surface area contributed by atoms with E-state index >= 15 is 0 Å². The largest absolute Gasteiger partial charge is 0.507 e. The fourth-order valence-electron chi connectivity index (χ4n) is 3.14. The maximum atomic E-state index is 14.4. The van der Waals surface area contributed by atoms with Gasteiger partial charge >= 0.3 is 0 Å². The van der Waals surface area contributed by atoms with Crippen LogP contribution in [0.3, 0.4) is 0 Å². The first-order valence-electron chi connectivity index (χ1n) is 8.25. The molecule has 2 aromatic rings. The van der Waals surface area contributed by atoms with Crippen molar-refractivity contribution in [3.05, 3.63) is 81.2 Å². The maximum absolute atomic E-state index is 14.4. The van der Waals surface area contributed by atoms with Crippen molar-refractivity contribution in [2.24, 2.45) is 0 Å². The van der Waals surface area contributed by atoms with E-state index in [1.54, 1.807) is 0 Å². The number of carbonyl (C=O) groups is 2. The molecule has 1 aliphatic rings. The third kappa shape index (κ3) is 3.23. The monoisotopic (exact) mass is 386 g/mol. The number of rotatable bonds is 5. The van der Waals surface area contributed by atoms with E-state index < -0.39 is 40.8 Å². The molecule has 144 valence electrons. The average Bonchev–Trinajstić information content (AvgIpc) is 2.93. The van der Waals surface area contributed by atoms with Gasteiger partial charge in [-0.2, -0.15) is 0 Å². The van der Waals surface area contributed by atoms with E-state index in [1.807, 2.05) is 0 Å². The lowest BCUT2D eigenvalue weighted by molar-refractivity contribution is -0.384. The third-order valence-electron chi connectivity index (χ3n) is 4.43. The summed E-state index contributed by atoms with van der Waals surface area (Å²) >= 11 is 0. The Morgan fingerprint density at radius 1 is 1.14 bits per heavy atom. The first kappa shape index (κ1) is 19.2. The van der Waals surface area contributed by atoms with Gasteiger partial charge in [0.15, 0.2) is 0 Å². The lowest BCUT2D eigenvalue weighted by atomic mass is 9.95. The topological polar surface area (TPSA) is 121 Å². The Hall–Kier alpha value is -3.59. The third-order valence-corrected chi connectivity index (χ3v) is 4.43. The molecule has 0 spiro atoms. The summed E-state index contributed by atoms with van der Waals surface area (Å²) < 4.78 is 14.4. The van der Waals surface area contributed by atoms with Crippen LogP contribution in [0.1, 0.15) is 17.2 Å². The summed E-state index contributed by atoms with van der Waals surface area (Å²) in [7, 11) is 0. The Labute approximate surface area is 158 Å². The molecule has 0 bridgehead atoms. The minimum atomic E-state index is -1.23. The van der Waals surface area contributed by atoms with E-state index in [0.717, 1.165) is 23.1 Å². The molecule has 9 heteroatoms. The Bertz CT molecular complexity index is 986. The van der Waals surface area contributed by atoms with Crippen LogP contribution in [-0.2, 0) is 9.59 Å². The summed E-state index contributed by atoms with van der Waals surface area (Å²) in [6.45, 7) is -0.698. The van der Waals surface area contributed by atoms with Crippen LogP contribution in [0.4, 0.5) is 10.1 Å². The number of amides is 1. The number of nitro groups is 1. The number of aliphatic hydroxyl groups is 2. The molecule has 3 rings (SSSR count). The average molecular weight is 386 g/mol. The minimum Gasteiger partial charge on any atom is -0.507 e. The van der Waals surface area contributed by atoms with Crippen LogP contribution in [0, 0.1) is 15.9 Å². The molecule has 2 aromatic carbocycles. The second-order valence-electron chi connectivity index (χ2n) is 6.04. The summed E-state index contributed by atoms with van der Waals surface area (Å²) in [6.07, 6.45) is 0. The standard InChI is InChI=1S/C19H15FN2O6/c20-14-4-2-1-3-13(14)16-15(18(25)19(26)21(16)9-10-23)17(24)11-5-7-12(8-6-11)22(27)28/h1-8,16,23-24H,9-10H2/b17-15+. The lowest BCUT2D eigenvalue weighted by Gasteiger charge is -2.24. The van der Waals surface area contributed by atoms with Crippen molar-refractivity contribution >= 4 is 23.1 Å². The molecule has 1 aliphatic heterocycles. The SMILES string of the molecule is O=C1C(=O)N(CCO)C(c2ccccc2F)/C1=C(\O)c1ccc([N+](=O)[O-])cc1. The summed E-state index contributed by atoms with van der Waals surface area (Å²) in [5, 5.41) is 30.7. The van der Waals surface area contributed by atoms with Gasteiger partial charge in [0.1, 0.15) is 11.6 Å². The summed E-state index contributed by atoms with van der Waals surface area (Å²) in [5.41, 5.74) is -0.520. The predicted molar refractivity (Wildman–Crippen MR) is 95.6 cm³/mol. The zero-order chi connectivity index (χ0) is 20.4. The fourth-order valence-corrected chi connectivity index (χ4v) is 3.14. The van der Waals surface area contributed by atoms with Gasteiger partial charge in [-0.1, -0.05) is 18.2 Å². The van der Waals surface area contributed by atoms with Gasteiger partial charge in [0.2, 0.25) is 0 Å². The molecule has 1 unspecified atom stereocenters. The van der Waals surface area contributed by atoms with E-state index in [1.165, 1.54) is 30.3 Å². The van der Waals surface area contributed by atoms with Crippen LogP contribution in [0.5, 0.6) is 0 Å².